The van der Waals surface area contributed by atoms with E-state index in [4.69, 9.17) is 10.8 Å². The number of urea groups is 1. The molecule has 1 atom stereocenters. The quantitative estimate of drug-likeness (QED) is 0.285. The van der Waals surface area contributed by atoms with Crippen LogP contribution in [0, 0.1) is 0 Å². The highest BCUT2D eigenvalue weighted by Gasteiger charge is 2.44. The Bertz CT molecular complexity index is 697. The second-order valence-corrected chi connectivity index (χ2v) is 5.56. The first-order chi connectivity index (χ1) is 11.8. The van der Waals surface area contributed by atoms with Gasteiger partial charge >= 0.3 is 19.1 Å². The lowest BCUT2D eigenvalue weighted by atomic mass is 9.74. The fourth-order valence-corrected chi connectivity index (χ4v) is 2.71. The van der Waals surface area contributed by atoms with Crippen molar-refractivity contribution in [3.63, 3.8) is 0 Å². The van der Waals surface area contributed by atoms with Gasteiger partial charge in [0.15, 0.2) is 0 Å². The van der Waals surface area contributed by atoms with Crippen LogP contribution in [0.25, 0.3) is 0 Å². The van der Waals surface area contributed by atoms with Crippen molar-refractivity contribution in [1.82, 2.24) is 9.80 Å². The number of amides is 3. The first kappa shape index (κ1) is 18.7. The third kappa shape index (κ3) is 3.73. The van der Waals surface area contributed by atoms with Crippen molar-refractivity contribution in [2.75, 3.05) is 19.6 Å². The molecule has 0 saturated carbocycles. The maximum atomic E-state index is 12.3. The van der Waals surface area contributed by atoms with Crippen molar-refractivity contribution in [2.45, 2.75) is 12.4 Å². The highest BCUT2D eigenvalue weighted by atomic mass is 16.4. The third-order valence-electron chi connectivity index (χ3n) is 3.93. The van der Waals surface area contributed by atoms with Crippen LogP contribution in [0.5, 0.6) is 5.75 Å². The minimum Gasteiger partial charge on any atom is -0.507 e. The Morgan fingerprint density at radius 1 is 1.32 bits per heavy atom. The van der Waals surface area contributed by atoms with Gasteiger partial charge in [0.25, 0.3) is 0 Å². The molecule has 0 aliphatic carbocycles. The number of carbonyl (C=O) groups excluding carboxylic acids is 2. The van der Waals surface area contributed by atoms with Gasteiger partial charge in [-0.1, -0.05) is 12.1 Å². The monoisotopic (exact) mass is 351 g/mol. The summed E-state index contributed by atoms with van der Waals surface area (Å²) in [6.07, 6.45) is -0.321. The van der Waals surface area contributed by atoms with Gasteiger partial charge in [-0.15, -0.1) is 0 Å². The summed E-state index contributed by atoms with van der Waals surface area (Å²) >= 11 is 0. The predicted octanol–water partition coefficient (Wildman–Crippen LogP) is -1.76. The van der Waals surface area contributed by atoms with Crippen LogP contribution in [0.4, 0.5) is 4.79 Å². The largest absolute Gasteiger partial charge is 0.507 e. The van der Waals surface area contributed by atoms with Gasteiger partial charge in [-0.25, -0.2) is 9.59 Å². The van der Waals surface area contributed by atoms with Crippen molar-refractivity contribution in [1.29, 1.82) is 0 Å². The molecular formula is C14H18BN3O7. The van der Waals surface area contributed by atoms with E-state index in [1.165, 1.54) is 23.1 Å². The van der Waals surface area contributed by atoms with E-state index in [2.05, 4.69) is 0 Å². The maximum Gasteiger partial charge on any atom is 0.476 e. The zero-order valence-corrected chi connectivity index (χ0v) is 13.2. The van der Waals surface area contributed by atoms with Gasteiger partial charge in [-0.05, 0) is 18.1 Å². The van der Waals surface area contributed by atoms with Crippen LogP contribution in [0.15, 0.2) is 18.2 Å². The van der Waals surface area contributed by atoms with Crippen LogP contribution in [-0.4, -0.2) is 80.7 Å². The van der Waals surface area contributed by atoms with E-state index in [0.717, 1.165) is 0 Å². The van der Waals surface area contributed by atoms with E-state index in [0.29, 0.717) is 4.90 Å². The molecule has 0 bridgehead atoms. The summed E-state index contributed by atoms with van der Waals surface area (Å²) in [6.45, 7) is 0.0378. The molecule has 134 valence electrons. The fraction of sp³-hybridized carbons (Fsp3) is 0.357. The van der Waals surface area contributed by atoms with E-state index in [9.17, 15) is 29.5 Å². The molecule has 1 saturated heterocycles. The Morgan fingerprint density at radius 2 is 2.00 bits per heavy atom. The van der Waals surface area contributed by atoms with Crippen LogP contribution >= 0.6 is 0 Å². The van der Waals surface area contributed by atoms with E-state index in [1.54, 1.807) is 0 Å². The molecule has 1 aliphatic heterocycles. The van der Waals surface area contributed by atoms with Crippen LogP contribution in [0.2, 0.25) is 0 Å². The van der Waals surface area contributed by atoms with E-state index in [-0.39, 0.29) is 37.2 Å². The topological polar surface area (TPSA) is 165 Å². The zero-order valence-electron chi connectivity index (χ0n) is 13.2. The van der Waals surface area contributed by atoms with Crippen LogP contribution in [-0.2, 0) is 11.2 Å². The van der Waals surface area contributed by atoms with Crippen LogP contribution < -0.4 is 5.73 Å². The number of hydrogen-bond acceptors (Lipinski definition) is 7. The zero-order chi connectivity index (χ0) is 18.7. The Morgan fingerprint density at radius 3 is 2.56 bits per heavy atom. The molecule has 0 aromatic heterocycles. The fourth-order valence-electron chi connectivity index (χ4n) is 2.71. The number of aromatic carboxylic acids is 1. The van der Waals surface area contributed by atoms with Gasteiger partial charge in [0.1, 0.15) is 17.9 Å². The highest BCUT2D eigenvalue weighted by molar-refractivity contribution is 6.44. The number of hydrogen-bond donors (Lipinski definition) is 5. The number of phenols is 1. The Balaban J connectivity index is 2.31. The highest BCUT2D eigenvalue weighted by Crippen LogP contribution is 2.26. The van der Waals surface area contributed by atoms with Gasteiger partial charge in [0.05, 0.1) is 5.94 Å². The summed E-state index contributed by atoms with van der Waals surface area (Å²) in [4.78, 5) is 37.4. The van der Waals surface area contributed by atoms with Gasteiger partial charge in [0.2, 0.25) is 5.91 Å². The summed E-state index contributed by atoms with van der Waals surface area (Å²) in [5.74, 6) is -3.93. The molecule has 10 nitrogen and oxygen atoms in total. The molecule has 1 aromatic carbocycles. The normalized spacial score (nSPS) is 15.6. The number of carboxylic acid groups (broad SMARTS) is 1. The molecule has 6 N–H and O–H groups in total. The van der Waals surface area contributed by atoms with Crippen molar-refractivity contribution in [3.05, 3.63) is 29.3 Å². The lowest BCUT2D eigenvalue weighted by Crippen LogP contribution is -2.51. The van der Waals surface area contributed by atoms with Crippen LogP contribution in [0.1, 0.15) is 15.9 Å². The van der Waals surface area contributed by atoms with Crippen molar-refractivity contribution in [3.8, 4) is 5.75 Å². The van der Waals surface area contributed by atoms with E-state index < -0.39 is 36.7 Å². The number of aromatic hydroxyl groups is 1. The Labute approximate surface area is 143 Å². The predicted molar refractivity (Wildman–Crippen MR) is 85.6 cm³/mol. The van der Waals surface area contributed by atoms with Crippen molar-refractivity contribution >= 4 is 25.0 Å². The second-order valence-electron chi connectivity index (χ2n) is 5.56. The number of para-hydroxylation sites is 1. The number of carboxylic acids is 1. The molecule has 1 aliphatic rings. The Kier molecular flexibility index (Phi) is 5.62. The number of nitrogens with zero attached hydrogens (tertiary/aromatic N) is 2. The molecule has 3 amide bonds. The molecule has 0 radical (unpaired) electrons. The average molecular weight is 351 g/mol. The summed E-state index contributed by atoms with van der Waals surface area (Å²) in [5.41, 5.74) is 5.07. The van der Waals surface area contributed by atoms with Crippen molar-refractivity contribution in [2.24, 2.45) is 5.73 Å². The van der Waals surface area contributed by atoms with Crippen LogP contribution in [0.3, 0.4) is 0 Å². The maximum absolute atomic E-state index is 12.3. The third-order valence-corrected chi connectivity index (χ3v) is 3.93. The Hall–Kier alpha value is -2.63. The smallest absolute Gasteiger partial charge is 0.476 e. The molecule has 0 unspecified atom stereocenters. The lowest BCUT2D eigenvalue weighted by molar-refractivity contribution is -0.126. The lowest BCUT2D eigenvalue weighted by Gasteiger charge is -2.26. The first-order valence-corrected chi connectivity index (χ1v) is 7.49. The number of benzene rings is 1. The molecular weight excluding hydrogens is 333 g/mol. The summed E-state index contributed by atoms with van der Waals surface area (Å²) < 4.78 is 0. The molecule has 1 heterocycles. The summed E-state index contributed by atoms with van der Waals surface area (Å²) in [6, 6.07) is 3.20. The number of nitrogens with two attached hydrogens (primary N) is 1. The van der Waals surface area contributed by atoms with Gasteiger partial charge in [-0.2, -0.15) is 0 Å². The molecule has 25 heavy (non-hydrogen) atoms. The summed E-state index contributed by atoms with van der Waals surface area (Å²) in [7, 11) is -2.07. The number of imide groups is 1. The minimum absolute atomic E-state index is 0.0656. The van der Waals surface area contributed by atoms with E-state index in [1.807, 2.05) is 0 Å². The number of carbonyl (C=O) groups is 3. The number of rotatable bonds is 7. The van der Waals surface area contributed by atoms with Gasteiger partial charge in [0, 0.05) is 13.1 Å². The second kappa shape index (κ2) is 7.51. The molecule has 11 heteroatoms. The first-order valence-electron chi connectivity index (χ1n) is 7.49. The van der Waals surface area contributed by atoms with Gasteiger partial charge in [-0.3, -0.25) is 9.69 Å². The minimum atomic E-state index is -2.07. The van der Waals surface area contributed by atoms with E-state index >= 15 is 0 Å². The molecule has 0 spiro atoms. The SMILES string of the molecule is NCCN1CC(=O)N([C@@H](Cc2cccc(C(=O)O)c2O)B(O)O)C1=O. The standard InChI is InChI=1S/C14H18BN3O7/c16-4-5-17-7-11(19)18(14(17)23)10(15(24)25)6-8-2-1-3-9(12(8)20)13(21)22/h1-3,10,20,24-25H,4-7,16H2,(H,21,22)/t10-/m0/s1. The molecule has 2 rings (SSSR count). The molecule has 1 fully saturated rings. The average Bonchev–Trinajstić information content (AvgIpc) is 2.80. The van der Waals surface area contributed by atoms with Gasteiger partial charge < -0.3 is 30.9 Å². The summed E-state index contributed by atoms with van der Waals surface area (Å²) in [5, 5.41) is 38.3. The molecule has 1 aromatic rings. The van der Waals surface area contributed by atoms with Crippen molar-refractivity contribution < 1.29 is 34.6 Å².